The van der Waals surface area contributed by atoms with Gasteiger partial charge >= 0.3 is 0 Å². The van der Waals surface area contributed by atoms with Crippen LogP contribution in [0.1, 0.15) is 11.1 Å². The van der Waals surface area contributed by atoms with Crippen LogP contribution in [0, 0.1) is 29.2 Å². The van der Waals surface area contributed by atoms with Gasteiger partial charge in [0.05, 0.1) is 35.5 Å². The first-order chi connectivity index (χ1) is 12.3. The predicted octanol–water partition coefficient (Wildman–Crippen LogP) is 4.47. The van der Waals surface area contributed by atoms with Crippen LogP contribution < -0.4 is 0 Å². The summed E-state index contributed by atoms with van der Waals surface area (Å²) in [4.78, 5) is 8.03. The molecular formula is C20H9N5. The number of rotatable bonds is 1. The van der Waals surface area contributed by atoms with E-state index in [1.807, 2.05) is 47.0 Å². The van der Waals surface area contributed by atoms with Crippen LogP contribution in [0.2, 0.25) is 0 Å². The Morgan fingerprint density at radius 3 is 2.56 bits per heavy atom. The van der Waals surface area contributed by atoms with Crippen LogP contribution in [0.3, 0.4) is 0 Å². The third-order valence-electron chi connectivity index (χ3n) is 4.12. The molecule has 0 bridgehead atoms. The fourth-order valence-corrected chi connectivity index (χ4v) is 3.11. The molecule has 0 saturated heterocycles. The van der Waals surface area contributed by atoms with E-state index in [1.165, 1.54) is 12.1 Å². The second-order valence-corrected chi connectivity index (χ2v) is 5.45. The molecule has 0 amide bonds. The molecule has 0 fully saturated rings. The Hall–Kier alpha value is -4.14. The first-order valence-electron chi connectivity index (χ1n) is 7.48. The number of pyridine rings is 1. The Morgan fingerprint density at radius 2 is 1.80 bits per heavy atom. The molecule has 4 rings (SSSR count). The van der Waals surface area contributed by atoms with Gasteiger partial charge < -0.3 is 4.57 Å². The average Bonchev–Trinajstić information content (AvgIpc) is 3.01. The van der Waals surface area contributed by atoms with Crippen molar-refractivity contribution in [3.8, 4) is 17.8 Å². The van der Waals surface area contributed by atoms with E-state index in [4.69, 9.17) is 11.8 Å². The van der Waals surface area contributed by atoms with E-state index in [0.29, 0.717) is 16.9 Å². The predicted molar refractivity (Wildman–Crippen MR) is 94.3 cm³/mol. The SMILES string of the molecule is [C-]#[N+]c1cc(C#N)cc(C#N)c1-n1c2ccccc2c2cccnc21. The van der Waals surface area contributed by atoms with E-state index in [0.717, 1.165) is 16.3 Å². The molecule has 0 aliphatic heterocycles. The summed E-state index contributed by atoms with van der Waals surface area (Å²) in [6.45, 7) is 7.52. The highest BCUT2D eigenvalue weighted by Crippen LogP contribution is 2.36. The van der Waals surface area contributed by atoms with Gasteiger partial charge in [0.15, 0.2) is 0 Å². The smallest absolute Gasteiger partial charge is 0.213 e. The van der Waals surface area contributed by atoms with Crippen LogP contribution in [0.5, 0.6) is 0 Å². The topological polar surface area (TPSA) is 69.8 Å². The van der Waals surface area contributed by atoms with Gasteiger partial charge in [-0.1, -0.05) is 18.2 Å². The van der Waals surface area contributed by atoms with Gasteiger partial charge in [-0.15, -0.1) is 0 Å². The average molecular weight is 319 g/mol. The summed E-state index contributed by atoms with van der Waals surface area (Å²) in [5, 5.41) is 20.7. The van der Waals surface area contributed by atoms with Crippen molar-refractivity contribution in [3.05, 3.63) is 77.3 Å². The maximum atomic E-state index is 9.61. The third kappa shape index (κ3) is 2.03. The highest BCUT2D eigenvalue weighted by molar-refractivity contribution is 6.08. The highest BCUT2D eigenvalue weighted by atomic mass is 15.1. The Morgan fingerprint density at radius 1 is 1.00 bits per heavy atom. The molecule has 0 aliphatic carbocycles. The molecule has 2 aromatic heterocycles. The molecule has 0 spiro atoms. The van der Waals surface area contributed by atoms with Crippen LogP contribution in [-0.2, 0) is 0 Å². The molecule has 0 N–H and O–H groups in total. The lowest BCUT2D eigenvalue weighted by Gasteiger charge is -2.11. The number of para-hydroxylation sites is 1. The molecule has 5 heteroatoms. The van der Waals surface area contributed by atoms with E-state index in [9.17, 15) is 5.26 Å². The fourth-order valence-electron chi connectivity index (χ4n) is 3.11. The Kier molecular flexibility index (Phi) is 3.18. The van der Waals surface area contributed by atoms with Gasteiger partial charge in [-0.05, 0) is 30.3 Å². The first kappa shape index (κ1) is 14.5. The summed E-state index contributed by atoms with van der Waals surface area (Å²) < 4.78 is 1.83. The minimum atomic E-state index is 0.254. The van der Waals surface area contributed by atoms with Gasteiger partial charge in [0.2, 0.25) is 5.69 Å². The van der Waals surface area contributed by atoms with Crippen molar-refractivity contribution in [2.75, 3.05) is 0 Å². The number of hydrogen-bond acceptors (Lipinski definition) is 3. The summed E-state index contributed by atoms with van der Waals surface area (Å²) in [5.74, 6) is 0. The quantitative estimate of drug-likeness (QED) is 0.486. The summed E-state index contributed by atoms with van der Waals surface area (Å²) in [6.07, 6.45) is 1.69. The van der Waals surface area contributed by atoms with E-state index < -0.39 is 0 Å². The monoisotopic (exact) mass is 319 g/mol. The standard InChI is InChI=1S/C20H9N5/c1-23-17-10-13(11-21)9-14(12-22)19(17)25-18-7-3-2-5-15(18)16-6-4-8-24-20(16)25/h2-10H. The number of benzene rings is 2. The number of hydrogen-bond donors (Lipinski definition) is 0. The molecule has 0 unspecified atom stereocenters. The molecule has 4 aromatic rings. The van der Waals surface area contributed by atoms with Gasteiger partial charge in [0.1, 0.15) is 5.65 Å². The van der Waals surface area contributed by atoms with Crippen LogP contribution in [-0.4, -0.2) is 9.55 Å². The van der Waals surface area contributed by atoms with Crippen LogP contribution >= 0.6 is 0 Å². The maximum absolute atomic E-state index is 9.61. The summed E-state index contributed by atoms with van der Waals surface area (Å²) in [5.41, 5.74) is 2.82. The van der Waals surface area contributed by atoms with E-state index in [1.54, 1.807) is 6.20 Å². The molecule has 0 radical (unpaired) electrons. The minimum absolute atomic E-state index is 0.254. The summed E-state index contributed by atoms with van der Waals surface area (Å²) in [7, 11) is 0. The largest absolute Gasteiger partial charge is 0.303 e. The van der Waals surface area contributed by atoms with Crippen molar-refractivity contribution in [1.82, 2.24) is 9.55 Å². The minimum Gasteiger partial charge on any atom is -0.303 e. The van der Waals surface area contributed by atoms with Gasteiger partial charge in [-0.25, -0.2) is 9.83 Å². The third-order valence-corrected chi connectivity index (χ3v) is 4.12. The van der Waals surface area contributed by atoms with Crippen LogP contribution in [0.15, 0.2) is 54.7 Å². The van der Waals surface area contributed by atoms with Crippen LogP contribution in [0.4, 0.5) is 5.69 Å². The van der Waals surface area contributed by atoms with Crippen molar-refractivity contribution in [3.63, 3.8) is 0 Å². The Balaban J connectivity index is 2.26. The van der Waals surface area contributed by atoms with Crippen molar-refractivity contribution in [2.45, 2.75) is 0 Å². The number of aromatic nitrogens is 2. The van der Waals surface area contributed by atoms with Gasteiger partial charge in [-0.2, -0.15) is 10.5 Å². The molecule has 0 saturated carbocycles. The van der Waals surface area contributed by atoms with Crippen molar-refractivity contribution in [2.24, 2.45) is 0 Å². The first-order valence-corrected chi connectivity index (χ1v) is 7.48. The molecule has 0 atom stereocenters. The van der Waals surface area contributed by atoms with E-state index in [2.05, 4.69) is 15.9 Å². The van der Waals surface area contributed by atoms with E-state index in [-0.39, 0.29) is 11.3 Å². The Labute approximate surface area is 143 Å². The number of nitrogens with zero attached hydrogens (tertiary/aromatic N) is 5. The van der Waals surface area contributed by atoms with Gasteiger partial charge in [0, 0.05) is 22.5 Å². The van der Waals surface area contributed by atoms with Crippen molar-refractivity contribution in [1.29, 1.82) is 10.5 Å². The lowest BCUT2D eigenvalue weighted by atomic mass is 10.1. The van der Waals surface area contributed by atoms with E-state index >= 15 is 0 Å². The lowest BCUT2D eigenvalue weighted by Crippen LogP contribution is -2.00. The second kappa shape index (κ2) is 5.49. The van der Waals surface area contributed by atoms with Crippen LogP contribution in [0.25, 0.3) is 32.5 Å². The molecule has 5 nitrogen and oxygen atoms in total. The maximum Gasteiger partial charge on any atom is 0.213 e. The Bertz CT molecular complexity index is 1190. The van der Waals surface area contributed by atoms with Gasteiger partial charge in [0.25, 0.3) is 0 Å². The lowest BCUT2D eigenvalue weighted by molar-refractivity contribution is 1.13. The molecule has 0 aliphatic rings. The number of fused-ring (bicyclic) bond motifs is 3. The normalized spacial score (nSPS) is 10.3. The molecule has 2 heterocycles. The van der Waals surface area contributed by atoms with Gasteiger partial charge in [-0.3, -0.25) is 0 Å². The molecule has 25 heavy (non-hydrogen) atoms. The van der Waals surface area contributed by atoms with Crippen molar-refractivity contribution >= 4 is 27.6 Å². The molecule has 2 aromatic carbocycles. The number of nitriles is 2. The zero-order valence-corrected chi connectivity index (χ0v) is 12.9. The zero-order chi connectivity index (χ0) is 17.4. The molecular weight excluding hydrogens is 310 g/mol. The molecule has 114 valence electrons. The van der Waals surface area contributed by atoms with Crippen molar-refractivity contribution < 1.29 is 0 Å². The zero-order valence-electron chi connectivity index (χ0n) is 12.9. The highest BCUT2D eigenvalue weighted by Gasteiger charge is 2.19. The summed E-state index contributed by atoms with van der Waals surface area (Å²) >= 11 is 0. The summed E-state index contributed by atoms with van der Waals surface area (Å²) in [6, 6.07) is 18.7. The fraction of sp³-hybridized carbons (Fsp3) is 0. The second-order valence-electron chi connectivity index (χ2n) is 5.45.